The Kier molecular flexibility index (Phi) is 3.92. The molecule has 106 valence electrons. The van der Waals surface area contributed by atoms with E-state index in [0.29, 0.717) is 10.6 Å². The second kappa shape index (κ2) is 5.34. The monoisotopic (exact) mass is 311 g/mol. The topological polar surface area (TPSA) is 66.4 Å². The van der Waals surface area contributed by atoms with Gasteiger partial charge in [-0.05, 0) is 49.2 Å². The summed E-state index contributed by atoms with van der Waals surface area (Å²) in [5.74, 6) is -0.0822. The fourth-order valence-electron chi connectivity index (χ4n) is 1.88. The zero-order valence-corrected chi connectivity index (χ0v) is 12.6. The zero-order chi connectivity index (χ0) is 14.9. The van der Waals surface area contributed by atoms with E-state index in [0.717, 1.165) is 5.56 Å². The van der Waals surface area contributed by atoms with Gasteiger partial charge >= 0.3 is 0 Å². The van der Waals surface area contributed by atoms with Crippen LogP contribution in [0.3, 0.4) is 0 Å². The molecule has 2 aromatic carbocycles. The number of hydrogen-bond acceptors (Lipinski definition) is 3. The predicted octanol–water partition coefficient (Wildman–Crippen LogP) is 3.46. The second-order valence-corrected chi connectivity index (χ2v) is 6.66. The summed E-state index contributed by atoms with van der Waals surface area (Å²) in [5.41, 5.74) is 1.61. The van der Waals surface area contributed by atoms with Gasteiger partial charge in [0.1, 0.15) is 5.75 Å². The lowest BCUT2D eigenvalue weighted by Crippen LogP contribution is -2.13. The van der Waals surface area contributed by atoms with Gasteiger partial charge in [-0.25, -0.2) is 8.42 Å². The van der Waals surface area contributed by atoms with Crippen molar-refractivity contribution < 1.29 is 13.5 Å². The average molecular weight is 312 g/mol. The summed E-state index contributed by atoms with van der Waals surface area (Å²) in [6.45, 7) is 3.53. The van der Waals surface area contributed by atoms with Gasteiger partial charge in [0.2, 0.25) is 0 Å². The summed E-state index contributed by atoms with van der Waals surface area (Å²) in [6.07, 6.45) is 0. The Morgan fingerprint density at radius 1 is 1.15 bits per heavy atom. The fraction of sp³-hybridized carbons (Fsp3) is 0.143. The normalized spacial score (nSPS) is 11.3. The molecule has 0 spiro atoms. The van der Waals surface area contributed by atoms with E-state index in [2.05, 4.69) is 4.72 Å². The SMILES string of the molecule is Cc1cc(C)c(O)c(NS(=O)(=O)c2cccc(Cl)c2)c1. The number of halogens is 1. The zero-order valence-electron chi connectivity index (χ0n) is 11.0. The molecule has 0 aromatic heterocycles. The molecule has 0 saturated heterocycles. The van der Waals surface area contributed by atoms with Crippen molar-refractivity contribution in [3.63, 3.8) is 0 Å². The minimum Gasteiger partial charge on any atom is -0.505 e. The molecular formula is C14H14ClNO3S. The number of benzene rings is 2. The van der Waals surface area contributed by atoms with Crippen LogP contribution in [0.1, 0.15) is 11.1 Å². The van der Waals surface area contributed by atoms with Crippen LogP contribution in [0.4, 0.5) is 5.69 Å². The van der Waals surface area contributed by atoms with E-state index in [1.54, 1.807) is 31.2 Å². The third-order valence-corrected chi connectivity index (χ3v) is 4.39. The first-order valence-electron chi connectivity index (χ1n) is 5.88. The van der Waals surface area contributed by atoms with Crippen LogP contribution in [-0.2, 0) is 10.0 Å². The van der Waals surface area contributed by atoms with E-state index >= 15 is 0 Å². The van der Waals surface area contributed by atoms with E-state index in [1.165, 1.54) is 12.1 Å². The Bertz CT molecular complexity index is 757. The van der Waals surface area contributed by atoms with Crippen molar-refractivity contribution in [2.45, 2.75) is 18.7 Å². The minimum atomic E-state index is -3.79. The fourth-order valence-corrected chi connectivity index (χ4v) is 3.23. The first-order valence-corrected chi connectivity index (χ1v) is 7.74. The Hall–Kier alpha value is -1.72. The lowest BCUT2D eigenvalue weighted by Gasteiger charge is -2.12. The largest absolute Gasteiger partial charge is 0.505 e. The summed E-state index contributed by atoms with van der Waals surface area (Å²) in [6, 6.07) is 9.28. The molecular weight excluding hydrogens is 298 g/mol. The number of aryl methyl sites for hydroxylation is 2. The quantitative estimate of drug-likeness (QED) is 0.853. The summed E-state index contributed by atoms with van der Waals surface area (Å²) >= 11 is 5.79. The van der Waals surface area contributed by atoms with E-state index in [1.807, 2.05) is 6.92 Å². The Morgan fingerprint density at radius 3 is 2.50 bits per heavy atom. The Labute approximate surface area is 123 Å². The lowest BCUT2D eigenvalue weighted by molar-refractivity contribution is 0.473. The number of phenols is 1. The molecule has 2 aromatic rings. The highest BCUT2D eigenvalue weighted by Gasteiger charge is 2.17. The van der Waals surface area contributed by atoms with Crippen molar-refractivity contribution in [3.05, 3.63) is 52.5 Å². The molecule has 20 heavy (non-hydrogen) atoms. The molecule has 0 amide bonds. The van der Waals surface area contributed by atoms with Gasteiger partial charge in [-0.15, -0.1) is 0 Å². The molecule has 0 saturated carbocycles. The van der Waals surface area contributed by atoms with Gasteiger partial charge in [-0.2, -0.15) is 0 Å². The smallest absolute Gasteiger partial charge is 0.262 e. The highest BCUT2D eigenvalue weighted by molar-refractivity contribution is 7.92. The molecule has 4 nitrogen and oxygen atoms in total. The van der Waals surface area contributed by atoms with E-state index in [4.69, 9.17) is 11.6 Å². The van der Waals surface area contributed by atoms with Gasteiger partial charge in [0.15, 0.2) is 0 Å². The van der Waals surface area contributed by atoms with Crippen molar-refractivity contribution >= 4 is 27.3 Å². The highest BCUT2D eigenvalue weighted by atomic mass is 35.5. The van der Waals surface area contributed by atoms with Crippen molar-refractivity contribution in [2.24, 2.45) is 0 Å². The first kappa shape index (κ1) is 14.7. The lowest BCUT2D eigenvalue weighted by atomic mass is 10.1. The molecule has 0 aliphatic carbocycles. The van der Waals surface area contributed by atoms with Crippen LogP contribution in [0.5, 0.6) is 5.75 Å². The van der Waals surface area contributed by atoms with Crippen molar-refractivity contribution in [2.75, 3.05) is 4.72 Å². The van der Waals surface area contributed by atoms with Crippen LogP contribution in [0.15, 0.2) is 41.3 Å². The second-order valence-electron chi connectivity index (χ2n) is 4.54. The van der Waals surface area contributed by atoms with Gasteiger partial charge < -0.3 is 5.11 Å². The van der Waals surface area contributed by atoms with Gasteiger partial charge in [-0.3, -0.25) is 4.72 Å². The maximum Gasteiger partial charge on any atom is 0.262 e. The molecule has 0 aliphatic heterocycles. The average Bonchev–Trinajstić information content (AvgIpc) is 2.35. The molecule has 6 heteroatoms. The van der Waals surface area contributed by atoms with Crippen LogP contribution in [-0.4, -0.2) is 13.5 Å². The highest BCUT2D eigenvalue weighted by Crippen LogP contribution is 2.30. The van der Waals surface area contributed by atoms with E-state index in [9.17, 15) is 13.5 Å². The summed E-state index contributed by atoms with van der Waals surface area (Å²) in [4.78, 5) is 0.0450. The molecule has 0 bridgehead atoms. The standard InChI is InChI=1S/C14H14ClNO3S/c1-9-6-10(2)14(17)13(7-9)16-20(18,19)12-5-3-4-11(15)8-12/h3-8,16-17H,1-2H3. The van der Waals surface area contributed by atoms with Crippen LogP contribution >= 0.6 is 11.6 Å². The number of rotatable bonds is 3. The van der Waals surface area contributed by atoms with Gasteiger partial charge in [0.25, 0.3) is 10.0 Å². The molecule has 0 aliphatic rings. The summed E-state index contributed by atoms with van der Waals surface area (Å²) in [5, 5.41) is 10.3. The molecule has 0 radical (unpaired) electrons. The summed E-state index contributed by atoms with van der Waals surface area (Å²) in [7, 11) is -3.79. The molecule has 2 N–H and O–H groups in total. The number of nitrogens with one attached hydrogen (secondary N) is 1. The molecule has 0 fully saturated rings. The van der Waals surface area contributed by atoms with Gasteiger partial charge in [0, 0.05) is 5.02 Å². The van der Waals surface area contributed by atoms with E-state index < -0.39 is 10.0 Å². The van der Waals surface area contributed by atoms with Crippen LogP contribution in [0.25, 0.3) is 0 Å². The van der Waals surface area contributed by atoms with Gasteiger partial charge in [0.05, 0.1) is 10.6 Å². The van der Waals surface area contributed by atoms with Crippen LogP contribution in [0, 0.1) is 13.8 Å². The Morgan fingerprint density at radius 2 is 1.85 bits per heavy atom. The molecule has 0 atom stereocenters. The number of sulfonamides is 1. The Balaban J connectivity index is 2.44. The van der Waals surface area contributed by atoms with E-state index in [-0.39, 0.29) is 16.3 Å². The van der Waals surface area contributed by atoms with Crippen LogP contribution < -0.4 is 4.72 Å². The van der Waals surface area contributed by atoms with Crippen molar-refractivity contribution in [1.82, 2.24) is 0 Å². The first-order chi connectivity index (χ1) is 9.29. The third kappa shape index (κ3) is 3.05. The minimum absolute atomic E-state index is 0.0450. The maximum atomic E-state index is 12.2. The number of hydrogen-bond donors (Lipinski definition) is 2. The van der Waals surface area contributed by atoms with Crippen molar-refractivity contribution in [3.8, 4) is 5.75 Å². The molecule has 2 rings (SSSR count). The van der Waals surface area contributed by atoms with Crippen molar-refractivity contribution in [1.29, 1.82) is 0 Å². The number of phenolic OH excluding ortho intramolecular Hbond substituents is 1. The molecule has 0 heterocycles. The van der Waals surface area contributed by atoms with Crippen LogP contribution in [0.2, 0.25) is 5.02 Å². The number of anilines is 1. The number of aromatic hydroxyl groups is 1. The predicted molar refractivity (Wildman–Crippen MR) is 79.8 cm³/mol. The van der Waals surface area contributed by atoms with Gasteiger partial charge in [-0.1, -0.05) is 23.7 Å². The summed E-state index contributed by atoms with van der Waals surface area (Å²) < 4.78 is 26.9. The maximum absolute atomic E-state index is 12.2. The third-order valence-electron chi connectivity index (χ3n) is 2.80. The molecule has 0 unspecified atom stereocenters.